The molecule has 1 aliphatic carbocycles. The lowest BCUT2D eigenvalue weighted by molar-refractivity contribution is 0.218. The molecular weight excluding hydrogens is 364 g/mol. The first-order valence-corrected chi connectivity index (χ1v) is 9.90. The summed E-state index contributed by atoms with van der Waals surface area (Å²) < 4.78 is 0. The molecule has 140 valence electrons. The van der Waals surface area contributed by atoms with Gasteiger partial charge in [-0.25, -0.2) is 14.8 Å². The smallest absolute Gasteiger partial charge is 0.323 e. The third-order valence-electron chi connectivity index (χ3n) is 5.80. The van der Waals surface area contributed by atoms with Crippen molar-refractivity contribution in [2.75, 3.05) is 30.4 Å². The first-order valence-electron chi connectivity index (χ1n) is 9.02. The zero-order chi connectivity index (χ0) is 18.4. The van der Waals surface area contributed by atoms with Gasteiger partial charge in [0.1, 0.15) is 23.3 Å². The standard InChI is InChI=1S/C17H20N8OS/c1-24(15-13-2-3-18-14(13)19-8-20-15)12-4-10-6-25(7-11(10)5-12)17(26)22-16-23-21-9-27-16/h2-3,8-12H,4-7H2,1H3,(H,18,19,20)(H,22,23,26). The molecule has 5 rings (SSSR count). The third kappa shape index (κ3) is 2.89. The molecule has 2 fully saturated rings. The van der Waals surface area contributed by atoms with Crippen molar-refractivity contribution in [1.82, 2.24) is 30.0 Å². The number of amides is 2. The molecule has 2 N–H and O–H groups in total. The van der Waals surface area contributed by atoms with E-state index >= 15 is 0 Å². The summed E-state index contributed by atoms with van der Waals surface area (Å²) >= 11 is 1.33. The van der Waals surface area contributed by atoms with Gasteiger partial charge in [0.25, 0.3) is 0 Å². The van der Waals surface area contributed by atoms with Crippen LogP contribution in [0.3, 0.4) is 0 Å². The minimum absolute atomic E-state index is 0.0733. The summed E-state index contributed by atoms with van der Waals surface area (Å²) in [5.74, 6) is 2.03. The van der Waals surface area contributed by atoms with Crippen LogP contribution in [0, 0.1) is 11.8 Å². The summed E-state index contributed by atoms with van der Waals surface area (Å²) in [6, 6.07) is 2.38. The fraction of sp³-hybridized carbons (Fsp3) is 0.471. The van der Waals surface area contributed by atoms with Gasteiger partial charge >= 0.3 is 6.03 Å². The maximum absolute atomic E-state index is 12.4. The number of fused-ring (bicyclic) bond motifs is 2. The van der Waals surface area contributed by atoms with E-state index in [1.165, 1.54) is 11.3 Å². The van der Waals surface area contributed by atoms with Crippen LogP contribution in [0.1, 0.15) is 12.8 Å². The van der Waals surface area contributed by atoms with Gasteiger partial charge in [-0.15, -0.1) is 10.2 Å². The number of urea groups is 1. The normalized spacial score (nSPS) is 24.3. The highest BCUT2D eigenvalue weighted by Crippen LogP contribution is 2.41. The van der Waals surface area contributed by atoms with E-state index in [2.05, 4.69) is 42.4 Å². The molecule has 3 aromatic heterocycles. The van der Waals surface area contributed by atoms with Gasteiger partial charge in [-0.2, -0.15) is 0 Å². The van der Waals surface area contributed by atoms with Gasteiger partial charge in [0.15, 0.2) is 0 Å². The first-order chi connectivity index (χ1) is 13.2. The highest BCUT2D eigenvalue weighted by Gasteiger charge is 2.44. The average molecular weight is 384 g/mol. The second kappa shape index (κ2) is 6.45. The van der Waals surface area contributed by atoms with Crippen molar-refractivity contribution in [3.63, 3.8) is 0 Å². The summed E-state index contributed by atoms with van der Waals surface area (Å²) in [7, 11) is 2.11. The van der Waals surface area contributed by atoms with Crippen LogP contribution in [0.15, 0.2) is 24.1 Å². The van der Waals surface area contributed by atoms with Crippen molar-refractivity contribution in [2.24, 2.45) is 11.8 Å². The molecule has 0 spiro atoms. The third-order valence-corrected chi connectivity index (χ3v) is 6.41. The van der Waals surface area contributed by atoms with Gasteiger partial charge in [0, 0.05) is 32.4 Å². The molecule has 2 aliphatic rings. The Bertz CT molecular complexity index is 943. The summed E-state index contributed by atoms with van der Waals surface area (Å²) in [5.41, 5.74) is 2.48. The van der Waals surface area contributed by atoms with Crippen LogP contribution in [0.2, 0.25) is 0 Å². The molecule has 0 bridgehead atoms. The Labute approximate surface area is 159 Å². The molecule has 4 heterocycles. The topological polar surface area (TPSA) is 103 Å². The summed E-state index contributed by atoms with van der Waals surface area (Å²) in [4.78, 5) is 28.5. The molecule has 2 unspecified atom stereocenters. The second-order valence-corrected chi connectivity index (χ2v) is 8.11. The fourth-order valence-electron chi connectivity index (χ4n) is 4.46. The quantitative estimate of drug-likeness (QED) is 0.717. The molecule has 1 saturated heterocycles. The van der Waals surface area contributed by atoms with E-state index in [0.717, 1.165) is 42.8 Å². The lowest BCUT2D eigenvalue weighted by Crippen LogP contribution is -2.36. The number of H-pyrrole nitrogens is 1. The van der Waals surface area contributed by atoms with E-state index in [1.54, 1.807) is 11.8 Å². The van der Waals surface area contributed by atoms with Crippen molar-refractivity contribution in [3.05, 3.63) is 24.1 Å². The van der Waals surface area contributed by atoms with Crippen LogP contribution in [0.25, 0.3) is 11.0 Å². The Hall–Kier alpha value is -2.75. The molecule has 27 heavy (non-hydrogen) atoms. The first kappa shape index (κ1) is 16.4. The number of nitrogens with zero attached hydrogens (tertiary/aromatic N) is 6. The van der Waals surface area contributed by atoms with Gasteiger partial charge in [0.05, 0.1) is 5.39 Å². The molecule has 0 radical (unpaired) electrons. The van der Waals surface area contributed by atoms with Crippen LogP contribution in [-0.2, 0) is 0 Å². The summed E-state index contributed by atoms with van der Waals surface area (Å²) in [5, 5.41) is 12.1. The predicted molar refractivity (Wildman–Crippen MR) is 103 cm³/mol. The molecule has 2 atom stereocenters. The van der Waals surface area contributed by atoms with Crippen LogP contribution in [0.4, 0.5) is 15.7 Å². The number of aromatic amines is 1. The number of rotatable bonds is 3. The molecule has 1 saturated carbocycles. The van der Waals surface area contributed by atoms with Crippen molar-refractivity contribution in [2.45, 2.75) is 18.9 Å². The van der Waals surface area contributed by atoms with E-state index in [9.17, 15) is 4.79 Å². The Morgan fingerprint density at radius 3 is 2.89 bits per heavy atom. The molecule has 1 aliphatic heterocycles. The number of carbonyl (C=O) groups excluding carboxylic acids is 1. The van der Waals surface area contributed by atoms with E-state index in [0.29, 0.717) is 23.0 Å². The molecule has 9 nitrogen and oxygen atoms in total. The Morgan fingerprint density at radius 2 is 2.15 bits per heavy atom. The second-order valence-electron chi connectivity index (χ2n) is 7.27. The van der Waals surface area contributed by atoms with E-state index < -0.39 is 0 Å². The maximum Gasteiger partial charge on any atom is 0.323 e. The highest BCUT2D eigenvalue weighted by atomic mass is 32.1. The number of likely N-dealkylation sites (tertiary alicyclic amines) is 1. The van der Waals surface area contributed by atoms with Crippen molar-refractivity contribution in [3.8, 4) is 0 Å². The lowest BCUT2D eigenvalue weighted by Gasteiger charge is -2.27. The number of anilines is 2. The minimum atomic E-state index is -0.0733. The number of hydrogen-bond donors (Lipinski definition) is 2. The average Bonchev–Trinajstić information content (AvgIpc) is 3.42. The minimum Gasteiger partial charge on any atom is -0.356 e. The predicted octanol–water partition coefficient (Wildman–Crippen LogP) is 2.19. The zero-order valence-corrected chi connectivity index (χ0v) is 15.7. The Morgan fingerprint density at radius 1 is 1.33 bits per heavy atom. The molecule has 10 heteroatoms. The van der Waals surface area contributed by atoms with Gasteiger partial charge in [-0.1, -0.05) is 11.3 Å². The number of carbonyl (C=O) groups is 1. The van der Waals surface area contributed by atoms with E-state index in [4.69, 9.17) is 0 Å². The van der Waals surface area contributed by atoms with Crippen LogP contribution >= 0.6 is 11.3 Å². The van der Waals surface area contributed by atoms with Crippen LogP contribution < -0.4 is 10.2 Å². The zero-order valence-electron chi connectivity index (χ0n) is 14.9. The van der Waals surface area contributed by atoms with Crippen LogP contribution in [0.5, 0.6) is 0 Å². The van der Waals surface area contributed by atoms with Crippen molar-refractivity contribution in [1.29, 1.82) is 0 Å². The van der Waals surface area contributed by atoms with E-state index in [-0.39, 0.29) is 6.03 Å². The Balaban J connectivity index is 1.24. The van der Waals surface area contributed by atoms with Crippen LogP contribution in [-0.4, -0.2) is 62.3 Å². The van der Waals surface area contributed by atoms with Gasteiger partial charge in [-0.05, 0) is 30.7 Å². The molecule has 3 aromatic rings. The van der Waals surface area contributed by atoms with Crippen molar-refractivity contribution >= 4 is 39.4 Å². The summed E-state index contributed by atoms with van der Waals surface area (Å²) in [6.07, 6.45) is 5.65. The number of nitrogens with one attached hydrogen (secondary N) is 2. The van der Waals surface area contributed by atoms with Crippen molar-refractivity contribution < 1.29 is 4.79 Å². The number of aromatic nitrogens is 5. The molecule has 2 amide bonds. The van der Waals surface area contributed by atoms with E-state index in [1.807, 2.05) is 17.2 Å². The Kier molecular flexibility index (Phi) is 3.92. The SMILES string of the molecule is CN(c1ncnc2[nH]ccc12)C1CC2CN(C(=O)Nc3nncs3)CC2C1. The van der Waals surface area contributed by atoms with Gasteiger partial charge in [0.2, 0.25) is 5.13 Å². The lowest BCUT2D eigenvalue weighted by atomic mass is 10.0. The number of hydrogen-bond acceptors (Lipinski definition) is 7. The maximum atomic E-state index is 12.4. The largest absolute Gasteiger partial charge is 0.356 e. The molecular formula is C17H20N8OS. The monoisotopic (exact) mass is 384 g/mol. The fourth-order valence-corrected chi connectivity index (χ4v) is 4.90. The highest BCUT2D eigenvalue weighted by molar-refractivity contribution is 7.13. The van der Waals surface area contributed by atoms with Gasteiger partial charge in [-0.3, -0.25) is 5.32 Å². The molecule has 0 aromatic carbocycles. The van der Waals surface area contributed by atoms with Gasteiger partial charge < -0.3 is 14.8 Å². The summed E-state index contributed by atoms with van der Waals surface area (Å²) in [6.45, 7) is 1.59.